The highest BCUT2D eigenvalue weighted by Crippen LogP contribution is 2.10. The minimum atomic E-state index is 0. The van der Waals surface area contributed by atoms with E-state index in [1.807, 2.05) is 44.2 Å². The van der Waals surface area contributed by atoms with E-state index in [1.54, 1.807) is 19.3 Å². The zero-order valence-corrected chi connectivity index (χ0v) is 9.57. The van der Waals surface area contributed by atoms with Crippen LogP contribution in [0.3, 0.4) is 0 Å². The highest BCUT2D eigenvalue weighted by molar-refractivity contribution is 6.10. The van der Waals surface area contributed by atoms with Gasteiger partial charge in [0.1, 0.15) is 0 Å². The molecular formula is C14H19N. The van der Waals surface area contributed by atoms with Crippen LogP contribution in [-0.4, -0.2) is 13.3 Å². The van der Waals surface area contributed by atoms with E-state index in [0.29, 0.717) is 0 Å². The van der Waals surface area contributed by atoms with E-state index < -0.39 is 0 Å². The van der Waals surface area contributed by atoms with Crippen molar-refractivity contribution in [3.63, 3.8) is 0 Å². The van der Waals surface area contributed by atoms with Gasteiger partial charge in [-0.15, -0.1) is 6.42 Å². The minimum absolute atomic E-state index is 0. The van der Waals surface area contributed by atoms with Crippen molar-refractivity contribution < 1.29 is 1.43 Å². The van der Waals surface area contributed by atoms with Crippen molar-refractivity contribution in [1.82, 2.24) is 0 Å². The molecule has 0 aliphatic rings. The maximum atomic E-state index is 5.21. The summed E-state index contributed by atoms with van der Waals surface area (Å²) in [5.41, 5.74) is 2.05. The molecule has 80 valence electrons. The first-order valence-corrected chi connectivity index (χ1v) is 5.02. The lowest BCUT2D eigenvalue weighted by atomic mass is 10.1. The Kier molecular flexibility index (Phi) is 7.71. The molecule has 0 amide bonds. The van der Waals surface area contributed by atoms with Crippen molar-refractivity contribution in [2.45, 2.75) is 13.8 Å². The topological polar surface area (TPSA) is 12.4 Å². The summed E-state index contributed by atoms with van der Waals surface area (Å²) in [4.78, 5) is 3.94. The van der Waals surface area contributed by atoms with Gasteiger partial charge in [-0.1, -0.05) is 50.1 Å². The summed E-state index contributed by atoms with van der Waals surface area (Å²) in [7, 11) is 1.73. The molecule has 0 saturated carbocycles. The zero-order chi connectivity index (χ0) is 11.5. The quantitative estimate of drug-likeness (QED) is 0.511. The molecule has 0 saturated heterocycles. The summed E-state index contributed by atoms with van der Waals surface area (Å²) in [6.45, 7) is 4.00. The number of rotatable bonds is 2. The molecule has 0 spiro atoms. The Morgan fingerprint density at radius 1 is 1.33 bits per heavy atom. The fourth-order valence-corrected chi connectivity index (χ4v) is 1.05. The largest absolute Gasteiger partial charge is 0.296 e. The number of nitrogens with zero attached hydrogens (tertiary/aromatic N) is 1. The molecule has 0 N–H and O–H groups in total. The third-order valence-electron chi connectivity index (χ3n) is 1.61. The molecule has 1 heteroatoms. The molecule has 1 aromatic rings. The van der Waals surface area contributed by atoms with Crippen LogP contribution in [0.2, 0.25) is 0 Å². The van der Waals surface area contributed by atoms with Crippen LogP contribution in [0.4, 0.5) is 0 Å². The van der Waals surface area contributed by atoms with Gasteiger partial charge < -0.3 is 0 Å². The molecule has 1 rings (SSSR count). The molecular weight excluding hydrogens is 182 g/mol. The molecule has 0 heterocycles. The van der Waals surface area contributed by atoms with Crippen molar-refractivity contribution in [2.24, 2.45) is 4.99 Å². The van der Waals surface area contributed by atoms with E-state index >= 15 is 0 Å². The van der Waals surface area contributed by atoms with Crippen LogP contribution in [0.15, 0.2) is 41.4 Å². The molecule has 0 unspecified atom stereocenters. The molecule has 0 aliphatic heterocycles. The third kappa shape index (κ3) is 4.83. The Morgan fingerprint density at radius 2 is 1.93 bits per heavy atom. The highest BCUT2D eigenvalue weighted by atomic mass is 14.6. The van der Waals surface area contributed by atoms with Crippen molar-refractivity contribution in [3.8, 4) is 12.3 Å². The number of hydrogen-bond acceptors (Lipinski definition) is 1. The lowest BCUT2D eigenvalue weighted by molar-refractivity contribution is 1.47. The van der Waals surface area contributed by atoms with Crippen LogP contribution in [0, 0.1) is 12.3 Å². The second-order valence-corrected chi connectivity index (χ2v) is 2.52. The second kappa shape index (κ2) is 8.77. The van der Waals surface area contributed by atoms with Crippen LogP contribution >= 0.6 is 0 Å². The minimum Gasteiger partial charge on any atom is -0.296 e. The predicted molar refractivity (Wildman–Crippen MR) is 71.1 cm³/mol. The van der Waals surface area contributed by atoms with Crippen molar-refractivity contribution in [2.75, 3.05) is 7.05 Å². The molecule has 0 aromatic heterocycles. The summed E-state index contributed by atoms with van der Waals surface area (Å²) < 4.78 is 0. The van der Waals surface area contributed by atoms with Gasteiger partial charge in [-0.3, -0.25) is 4.99 Å². The standard InChI is InChI=1S/C12H11N.C2H6.H2/c1-3-7-12(10-13-2)11-8-5-4-6-9-11;1-2;/h1,4-10H,2H3;1-2H3;1H/b12-7+,13-10?;;. The van der Waals surface area contributed by atoms with Gasteiger partial charge in [0.2, 0.25) is 0 Å². The molecule has 0 fully saturated rings. The van der Waals surface area contributed by atoms with E-state index in [-0.39, 0.29) is 1.43 Å². The zero-order valence-electron chi connectivity index (χ0n) is 9.57. The van der Waals surface area contributed by atoms with Gasteiger partial charge in [-0.2, -0.15) is 0 Å². The summed E-state index contributed by atoms with van der Waals surface area (Å²) in [5.74, 6) is 2.50. The normalized spacial score (nSPS) is 10.4. The van der Waals surface area contributed by atoms with Gasteiger partial charge in [0.25, 0.3) is 0 Å². The van der Waals surface area contributed by atoms with E-state index in [4.69, 9.17) is 6.42 Å². The summed E-state index contributed by atoms with van der Waals surface area (Å²) >= 11 is 0. The Labute approximate surface area is 94.0 Å². The second-order valence-electron chi connectivity index (χ2n) is 2.52. The smallest absolute Gasteiger partial charge is 0.0293 e. The number of terminal acetylenes is 1. The summed E-state index contributed by atoms with van der Waals surface area (Å²) in [6.07, 6.45) is 8.68. The first-order valence-electron chi connectivity index (χ1n) is 5.02. The summed E-state index contributed by atoms with van der Waals surface area (Å²) in [6, 6.07) is 9.93. The monoisotopic (exact) mass is 201 g/mol. The Hall–Kier alpha value is -1.81. The van der Waals surface area contributed by atoms with E-state index in [9.17, 15) is 0 Å². The lowest BCUT2D eigenvalue weighted by Gasteiger charge is -1.98. The molecule has 0 atom stereocenters. The fraction of sp³-hybridized carbons (Fsp3) is 0.214. The number of benzene rings is 1. The Morgan fingerprint density at radius 3 is 2.40 bits per heavy atom. The van der Waals surface area contributed by atoms with Gasteiger partial charge in [-0.05, 0) is 11.6 Å². The fourth-order valence-electron chi connectivity index (χ4n) is 1.05. The Balaban J connectivity index is 0. The van der Waals surface area contributed by atoms with Gasteiger partial charge in [0, 0.05) is 20.3 Å². The van der Waals surface area contributed by atoms with Crippen molar-refractivity contribution >= 4 is 11.8 Å². The summed E-state index contributed by atoms with van der Waals surface area (Å²) in [5, 5.41) is 0. The SMILES string of the molecule is C#C/C=C(\C=NC)c1ccccc1.CC.[HH]. The molecule has 0 radical (unpaired) electrons. The van der Waals surface area contributed by atoms with Crippen LogP contribution in [0.5, 0.6) is 0 Å². The molecule has 1 nitrogen and oxygen atoms in total. The third-order valence-corrected chi connectivity index (χ3v) is 1.61. The first kappa shape index (κ1) is 13.2. The number of aliphatic imine (C=N–C) groups is 1. The van der Waals surface area contributed by atoms with Crippen LogP contribution < -0.4 is 0 Å². The first-order chi connectivity index (χ1) is 7.38. The van der Waals surface area contributed by atoms with Crippen LogP contribution in [0.25, 0.3) is 5.57 Å². The average molecular weight is 201 g/mol. The maximum Gasteiger partial charge on any atom is 0.0293 e. The van der Waals surface area contributed by atoms with Gasteiger partial charge in [-0.25, -0.2) is 0 Å². The molecule has 0 aliphatic carbocycles. The van der Waals surface area contributed by atoms with E-state index in [0.717, 1.165) is 11.1 Å². The number of allylic oxidation sites excluding steroid dienone is 2. The number of hydrogen-bond donors (Lipinski definition) is 0. The lowest BCUT2D eigenvalue weighted by Crippen LogP contribution is -1.84. The maximum absolute atomic E-state index is 5.21. The van der Waals surface area contributed by atoms with Crippen molar-refractivity contribution in [1.29, 1.82) is 0 Å². The van der Waals surface area contributed by atoms with E-state index in [1.165, 1.54) is 0 Å². The Bertz CT molecular complexity index is 358. The molecule has 15 heavy (non-hydrogen) atoms. The average Bonchev–Trinajstić information content (AvgIpc) is 2.33. The predicted octanol–water partition coefficient (Wildman–Crippen LogP) is 3.68. The van der Waals surface area contributed by atoms with Crippen molar-refractivity contribution in [3.05, 3.63) is 42.0 Å². The van der Waals surface area contributed by atoms with Gasteiger partial charge in [0.05, 0.1) is 0 Å². The highest BCUT2D eigenvalue weighted by Gasteiger charge is 1.94. The molecule has 1 aromatic carbocycles. The van der Waals surface area contributed by atoms with E-state index in [2.05, 4.69) is 10.9 Å². The van der Waals surface area contributed by atoms with Gasteiger partial charge in [0.15, 0.2) is 0 Å². The van der Waals surface area contributed by atoms with Gasteiger partial charge >= 0.3 is 0 Å². The molecule has 0 bridgehead atoms. The van der Waals surface area contributed by atoms with Crippen LogP contribution in [-0.2, 0) is 0 Å². The van der Waals surface area contributed by atoms with Crippen LogP contribution in [0.1, 0.15) is 20.8 Å².